The molecule has 43 heavy (non-hydrogen) atoms. The SMILES string of the molecule is NC(=N/C(=C\Cc1ccccc1)c1cccc(-c2cccc(-n3c4ccccc4c4ccccc43)c2)c1)c1ccccc1. The fraction of sp³-hybridized carbons (Fsp3) is 0.0250. The molecule has 1 aromatic heterocycles. The minimum atomic E-state index is 0.499. The summed E-state index contributed by atoms with van der Waals surface area (Å²) in [5.74, 6) is 0.499. The van der Waals surface area contributed by atoms with E-state index in [1.54, 1.807) is 0 Å². The molecule has 0 amide bonds. The van der Waals surface area contributed by atoms with E-state index in [-0.39, 0.29) is 0 Å². The Morgan fingerprint density at radius 3 is 1.81 bits per heavy atom. The maximum atomic E-state index is 6.52. The number of aromatic nitrogens is 1. The summed E-state index contributed by atoms with van der Waals surface area (Å²) in [6, 6.07) is 54.9. The second-order valence-corrected chi connectivity index (χ2v) is 10.6. The van der Waals surface area contributed by atoms with Gasteiger partial charge < -0.3 is 10.3 Å². The Hall–Kier alpha value is -5.67. The van der Waals surface area contributed by atoms with Crippen LogP contribution in [-0.4, -0.2) is 10.4 Å². The number of benzene rings is 6. The topological polar surface area (TPSA) is 43.3 Å². The number of amidine groups is 1. The van der Waals surface area contributed by atoms with Crippen molar-refractivity contribution >= 4 is 33.3 Å². The van der Waals surface area contributed by atoms with Crippen LogP contribution in [0.15, 0.2) is 169 Å². The Bertz CT molecular complexity index is 2050. The largest absolute Gasteiger partial charge is 0.383 e. The number of hydrogen-bond donors (Lipinski definition) is 1. The molecule has 7 aromatic rings. The molecule has 0 fully saturated rings. The van der Waals surface area contributed by atoms with E-state index in [1.807, 2.05) is 36.4 Å². The summed E-state index contributed by atoms with van der Waals surface area (Å²) >= 11 is 0. The fourth-order valence-corrected chi connectivity index (χ4v) is 5.74. The number of fused-ring (bicyclic) bond motifs is 3. The molecule has 0 aliphatic carbocycles. The molecule has 0 unspecified atom stereocenters. The number of hydrogen-bond acceptors (Lipinski definition) is 1. The van der Waals surface area contributed by atoms with Gasteiger partial charge in [-0.05, 0) is 53.4 Å². The van der Waals surface area contributed by atoms with Gasteiger partial charge in [0.1, 0.15) is 5.84 Å². The summed E-state index contributed by atoms with van der Waals surface area (Å²) in [4.78, 5) is 4.94. The summed E-state index contributed by atoms with van der Waals surface area (Å²) in [6.07, 6.45) is 2.92. The van der Waals surface area contributed by atoms with E-state index in [4.69, 9.17) is 10.7 Å². The van der Waals surface area contributed by atoms with Crippen LogP contribution < -0.4 is 5.73 Å². The first-order chi connectivity index (χ1) is 21.2. The highest BCUT2D eigenvalue weighted by atomic mass is 15.0. The van der Waals surface area contributed by atoms with Gasteiger partial charge >= 0.3 is 0 Å². The third-order valence-electron chi connectivity index (χ3n) is 7.86. The lowest BCUT2D eigenvalue weighted by atomic mass is 10.00. The van der Waals surface area contributed by atoms with E-state index in [2.05, 4.69) is 132 Å². The molecule has 1 heterocycles. The lowest BCUT2D eigenvalue weighted by molar-refractivity contribution is 1.18. The zero-order valence-corrected chi connectivity index (χ0v) is 23.8. The zero-order valence-electron chi connectivity index (χ0n) is 23.8. The van der Waals surface area contributed by atoms with Crippen molar-refractivity contribution in [2.75, 3.05) is 0 Å². The first kappa shape index (κ1) is 26.2. The van der Waals surface area contributed by atoms with Gasteiger partial charge in [-0.3, -0.25) is 0 Å². The molecule has 3 nitrogen and oxygen atoms in total. The van der Waals surface area contributed by atoms with Crippen molar-refractivity contribution in [1.82, 2.24) is 4.57 Å². The van der Waals surface area contributed by atoms with Crippen molar-refractivity contribution in [2.24, 2.45) is 10.7 Å². The van der Waals surface area contributed by atoms with Gasteiger partial charge in [-0.25, -0.2) is 4.99 Å². The van der Waals surface area contributed by atoms with E-state index in [0.717, 1.165) is 40.1 Å². The van der Waals surface area contributed by atoms with Crippen LogP contribution in [0.1, 0.15) is 16.7 Å². The number of allylic oxidation sites excluding steroid dienone is 1. The van der Waals surface area contributed by atoms with E-state index >= 15 is 0 Å². The molecule has 2 N–H and O–H groups in total. The Labute approximate surface area is 251 Å². The number of aliphatic imine (C=N–C) groups is 1. The highest BCUT2D eigenvalue weighted by molar-refractivity contribution is 6.09. The molecule has 3 heteroatoms. The lowest BCUT2D eigenvalue weighted by Gasteiger charge is -2.12. The molecular formula is C40H31N3. The van der Waals surface area contributed by atoms with Gasteiger partial charge in [0.05, 0.1) is 16.7 Å². The van der Waals surface area contributed by atoms with Crippen LogP contribution in [-0.2, 0) is 6.42 Å². The van der Waals surface area contributed by atoms with Gasteiger partial charge in [-0.2, -0.15) is 0 Å². The maximum Gasteiger partial charge on any atom is 0.131 e. The molecule has 0 radical (unpaired) electrons. The molecule has 206 valence electrons. The Morgan fingerprint density at radius 1 is 0.558 bits per heavy atom. The second-order valence-electron chi connectivity index (χ2n) is 10.6. The van der Waals surface area contributed by atoms with Crippen LogP contribution in [0.3, 0.4) is 0 Å². The van der Waals surface area contributed by atoms with Crippen LogP contribution in [0.25, 0.3) is 44.3 Å². The standard InChI is InChI=1S/C40H31N3/c41-40(30-15-5-2-6-16-30)42-37(26-25-29-13-3-1-4-14-29)33-19-11-17-31(27-33)32-18-12-20-34(28-32)43-38-23-9-7-21-35(38)36-22-8-10-24-39(36)43/h1-24,26-28H,25H2,(H2,41,42)/b37-26-. The predicted molar refractivity (Wildman–Crippen MR) is 182 cm³/mol. The highest BCUT2D eigenvalue weighted by Crippen LogP contribution is 2.33. The van der Waals surface area contributed by atoms with E-state index in [9.17, 15) is 0 Å². The second kappa shape index (κ2) is 11.7. The quantitative estimate of drug-likeness (QED) is 0.155. The van der Waals surface area contributed by atoms with Crippen LogP contribution in [0.2, 0.25) is 0 Å². The monoisotopic (exact) mass is 553 g/mol. The van der Waals surface area contributed by atoms with Crippen molar-refractivity contribution < 1.29 is 0 Å². The van der Waals surface area contributed by atoms with Gasteiger partial charge in [0.2, 0.25) is 0 Å². The van der Waals surface area contributed by atoms with Crippen molar-refractivity contribution in [3.05, 3.63) is 180 Å². The Kier molecular flexibility index (Phi) is 7.12. The number of nitrogens with zero attached hydrogens (tertiary/aromatic N) is 2. The van der Waals surface area contributed by atoms with Gasteiger partial charge in [0, 0.05) is 27.6 Å². The number of para-hydroxylation sites is 2. The van der Waals surface area contributed by atoms with Gasteiger partial charge in [0.25, 0.3) is 0 Å². The normalized spacial score (nSPS) is 12.2. The van der Waals surface area contributed by atoms with Gasteiger partial charge in [-0.1, -0.05) is 133 Å². The average Bonchev–Trinajstić information content (AvgIpc) is 3.42. The van der Waals surface area contributed by atoms with E-state index < -0.39 is 0 Å². The van der Waals surface area contributed by atoms with Crippen molar-refractivity contribution in [3.8, 4) is 16.8 Å². The van der Waals surface area contributed by atoms with Crippen LogP contribution >= 0.6 is 0 Å². The van der Waals surface area contributed by atoms with Crippen LogP contribution in [0.4, 0.5) is 0 Å². The highest BCUT2D eigenvalue weighted by Gasteiger charge is 2.12. The van der Waals surface area contributed by atoms with E-state index in [1.165, 1.54) is 27.4 Å². The first-order valence-corrected chi connectivity index (χ1v) is 14.6. The summed E-state index contributed by atoms with van der Waals surface area (Å²) in [6.45, 7) is 0. The number of rotatable bonds is 7. The number of nitrogens with two attached hydrogens (primary N) is 1. The summed E-state index contributed by atoms with van der Waals surface area (Å²) < 4.78 is 2.36. The summed E-state index contributed by atoms with van der Waals surface area (Å²) in [5, 5.41) is 2.51. The van der Waals surface area contributed by atoms with Crippen LogP contribution in [0, 0.1) is 0 Å². The lowest BCUT2D eigenvalue weighted by Crippen LogP contribution is -2.13. The first-order valence-electron chi connectivity index (χ1n) is 14.6. The predicted octanol–water partition coefficient (Wildman–Crippen LogP) is 9.44. The third kappa shape index (κ3) is 5.37. The Balaban J connectivity index is 1.31. The third-order valence-corrected chi connectivity index (χ3v) is 7.86. The summed E-state index contributed by atoms with van der Waals surface area (Å²) in [7, 11) is 0. The minimum absolute atomic E-state index is 0.499. The Morgan fingerprint density at radius 2 is 1.12 bits per heavy atom. The zero-order chi connectivity index (χ0) is 29.0. The van der Waals surface area contributed by atoms with Gasteiger partial charge in [0.15, 0.2) is 0 Å². The molecule has 0 saturated carbocycles. The van der Waals surface area contributed by atoms with Crippen molar-refractivity contribution in [1.29, 1.82) is 0 Å². The summed E-state index contributed by atoms with van der Waals surface area (Å²) in [5.41, 5.74) is 16.3. The van der Waals surface area contributed by atoms with E-state index in [0.29, 0.717) is 5.84 Å². The smallest absolute Gasteiger partial charge is 0.131 e. The van der Waals surface area contributed by atoms with Crippen molar-refractivity contribution in [3.63, 3.8) is 0 Å². The molecule has 0 saturated heterocycles. The molecule has 7 rings (SSSR count). The molecule has 0 atom stereocenters. The maximum absolute atomic E-state index is 6.52. The molecule has 0 aliphatic rings. The molecule has 0 aliphatic heterocycles. The fourth-order valence-electron chi connectivity index (χ4n) is 5.74. The average molecular weight is 554 g/mol. The molecule has 0 bridgehead atoms. The molecule has 6 aromatic carbocycles. The molecule has 0 spiro atoms. The molecular weight excluding hydrogens is 522 g/mol. The van der Waals surface area contributed by atoms with Gasteiger partial charge in [-0.15, -0.1) is 0 Å². The van der Waals surface area contributed by atoms with Crippen molar-refractivity contribution in [2.45, 2.75) is 6.42 Å². The van der Waals surface area contributed by atoms with Crippen LogP contribution in [0.5, 0.6) is 0 Å². The minimum Gasteiger partial charge on any atom is -0.383 e.